The summed E-state index contributed by atoms with van der Waals surface area (Å²) in [7, 11) is 0.637. The number of pyridine rings is 1. The fourth-order valence-corrected chi connectivity index (χ4v) is 3.56. The Balaban J connectivity index is 1.74. The molecule has 114 valence electrons. The normalized spacial score (nSPS) is 12.5. The van der Waals surface area contributed by atoms with Gasteiger partial charge in [-0.1, -0.05) is 18.2 Å². The van der Waals surface area contributed by atoms with Crippen LogP contribution in [0.15, 0.2) is 48.8 Å². The molecule has 0 spiro atoms. The van der Waals surface area contributed by atoms with Crippen LogP contribution >= 0.6 is 0 Å². The molecule has 1 aromatic carbocycles. The molecule has 0 aliphatic rings. The number of imidazole rings is 1. The van der Waals surface area contributed by atoms with Crippen molar-refractivity contribution in [2.45, 2.75) is 18.4 Å². The van der Waals surface area contributed by atoms with Crippen molar-refractivity contribution in [1.82, 2.24) is 9.38 Å². The molecule has 22 heavy (non-hydrogen) atoms. The van der Waals surface area contributed by atoms with Crippen LogP contribution in [0.25, 0.3) is 5.65 Å². The maximum absolute atomic E-state index is 12.4. The van der Waals surface area contributed by atoms with E-state index in [1.54, 1.807) is 7.11 Å². The second-order valence-corrected chi connectivity index (χ2v) is 6.69. The van der Waals surface area contributed by atoms with Gasteiger partial charge >= 0.3 is 0 Å². The molecule has 0 saturated carbocycles. The highest BCUT2D eigenvalue weighted by Crippen LogP contribution is 2.16. The highest BCUT2D eigenvalue weighted by Gasteiger charge is 2.09. The molecule has 1 atom stereocenters. The number of methoxy groups -OCH3 is 1. The van der Waals surface area contributed by atoms with Gasteiger partial charge in [0.25, 0.3) is 0 Å². The molecule has 0 bridgehead atoms. The lowest BCUT2D eigenvalue weighted by Crippen LogP contribution is -2.00. The average Bonchev–Trinajstić information content (AvgIpc) is 2.91. The topological polar surface area (TPSA) is 43.6 Å². The highest BCUT2D eigenvalue weighted by atomic mass is 32.2. The first kappa shape index (κ1) is 14.8. The summed E-state index contributed by atoms with van der Waals surface area (Å²) in [4.78, 5) is 4.57. The van der Waals surface area contributed by atoms with Crippen molar-refractivity contribution in [2.75, 3.05) is 7.11 Å². The van der Waals surface area contributed by atoms with Gasteiger partial charge in [-0.15, -0.1) is 0 Å². The van der Waals surface area contributed by atoms with Gasteiger partial charge in [-0.3, -0.25) is 4.21 Å². The minimum absolute atomic E-state index is 0.457. The van der Waals surface area contributed by atoms with E-state index in [-0.39, 0.29) is 0 Å². The summed E-state index contributed by atoms with van der Waals surface area (Å²) in [5.74, 6) is 1.75. The van der Waals surface area contributed by atoms with Crippen molar-refractivity contribution in [1.29, 1.82) is 0 Å². The molecule has 0 aliphatic heterocycles. The molecule has 0 aliphatic carbocycles. The number of hydrogen-bond donors (Lipinski definition) is 0. The molecule has 0 fully saturated rings. The maximum Gasteiger partial charge on any atom is 0.139 e. The van der Waals surface area contributed by atoms with Crippen molar-refractivity contribution in [3.8, 4) is 5.75 Å². The van der Waals surface area contributed by atoms with Crippen LogP contribution in [0, 0.1) is 6.92 Å². The fraction of sp³-hybridized carbons (Fsp3) is 0.235. The predicted octanol–water partition coefficient (Wildman–Crippen LogP) is 3.10. The lowest BCUT2D eigenvalue weighted by molar-refractivity contribution is 0.414. The van der Waals surface area contributed by atoms with Gasteiger partial charge in [0.15, 0.2) is 0 Å². The third kappa shape index (κ3) is 3.20. The number of hydrogen-bond acceptors (Lipinski definition) is 3. The summed E-state index contributed by atoms with van der Waals surface area (Å²) in [6.45, 7) is 2.03. The summed E-state index contributed by atoms with van der Waals surface area (Å²) >= 11 is 0. The zero-order valence-electron chi connectivity index (χ0n) is 12.7. The Labute approximate surface area is 132 Å². The molecule has 5 heteroatoms. The molecule has 0 amide bonds. The van der Waals surface area contributed by atoms with Crippen LogP contribution in [0.3, 0.4) is 0 Å². The molecular formula is C17H18N2O2S. The molecule has 4 nitrogen and oxygen atoms in total. The van der Waals surface area contributed by atoms with E-state index < -0.39 is 10.8 Å². The summed E-state index contributed by atoms with van der Waals surface area (Å²) in [6, 6.07) is 11.7. The molecule has 3 rings (SSSR count). The summed E-state index contributed by atoms with van der Waals surface area (Å²) in [5.41, 5.74) is 3.91. The standard InChI is InChI=1S/C17H18N2O2S/c1-13-5-4-8-19-10-15(18-17(13)19)12-22(20)11-14-6-3-7-16(9-14)21-2/h3-10H,11-12H2,1-2H3/t22-/m0/s1. The Kier molecular flexibility index (Phi) is 4.24. The quantitative estimate of drug-likeness (QED) is 0.727. The van der Waals surface area contributed by atoms with E-state index in [0.29, 0.717) is 11.5 Å². The molecule has 0 saturated heterocycles. The maximum atomic E-state index is 12.4. The minimum atomic E-state index is -0.997. The number of rotatable bonds is 5. The Hall–Kier alpha value is -2.14. The Morgan fingerprint density at radius 3 is 2.86 bits per heavy atom. The summed E-state index contributed by atoms with van der Waals surface area (Å²) in [6.07, 6.45) is 3.91. The zero-order chi connectivity index (χ0) is 15.5. The number of ether oxygens (including phenoxy) is 1. The Bertz CT molecular complexity index is 826. The first-order valence-electron chi connectivity index (χ1n) is 7.07. The average molecular weight is 314 g/mol. The van der Waals surface area contributed by atoms with E-state index in [2.05, 4.69) is 4.98 Å². The smallest absolute Gasteiger partial charge is 0.139 e. The second-order valence-electron chi connectivity index (χ2n) is 5.23. The van der Waals surface area contributed by atoms with Crippen molar-refractivity contribution in [3.05, 3.63) is 65.6 Å². The van der Waals surface area contributed by atoms with Crippen molar-refractivity contribution >= 4 is 16.4 Å². The van der Waals surface area contributed by atoms with Crippen molar-refractivity contribution in [2.24, 2.45) is 0 Å². The molecule has 0 radical (unpaired) electrons. The van der Waals surface area contributed by atoms with Crippen molar-refractivity contribution in [3.63, 3.8) is 0 Å². The van der Waals surface area contributed by atoms with E-state index >= 15 is 0 Å². The van der Waals surface area contributed by atoms with E-state index in [1.807, 2.05) is 60.1 Å². The number of benzene rings is 1. The number of fused-ring (bicyclic) bond motifs is 1. The first-order chi connectivity index (χ1) is 10.7. The zero-order valence-corrected chi connectivity index (χ0v) is 13.5. The van der Waals surface area contributed by atoms with Crippen molar-refractivity contribution < 1.29 is 8.95 Å². The third-order valence-corrected chi connectivity index (χ3v) is 4.77. The Morgan fingerprint density at radius 2 is 2.09 bits per heavy atom. The third-order valence-electron chi connectivity index (χ3n) is 3.50. The van der Waals surface area contributed by atoms with E-state index in [0.717, 1.165) is 28.2 Å². The lowest BCUT2D eigenvalue weighted by atomic mass is 10.2. The minimum Gasteiger partial charge on any atom is -0.497 e. The van der Waals surface area contributed by atoms with Gasteiger partial charge in [-0.25, -0.2) is 4.98 Å². The number of nitrogens with zero attached hydrogens (tertiary/aromatic N) is 2. The molecule has 2 aromatic heterocycles. The van der Waals surface area contributed by atoms with Gasteiger partial charge in [0.1, 0.15) is 11.4 Å². The van der Waals surface area contributed by atoms with Crippen LogP contribution in [0.2, 0.25) is 0 Å². The van der Waals surface area contributed by atoms with Gasteiger partial charge in [-0.05, 0) is 36.2 Å². The van der Waals surface area contributed by atoms with Crippen LogP contribution in [-0.4, -0.2) is 20.7 Å². The molecule has 0 unspecified atom stereocenters. The first-order valence-corrected chi connectivity index (χ1v) is 8.55. The number of aryl methyl sites for hydroxylation is 1. The lowest BCUT2D eigenvalue weighted by Gasteiger charge is -2.04. The predicted molar refractivity (Wildman–Crippen MR) is 88.5 cm³/mol. The largest absolute Gasteiger partial charge is 0.497 e. The summed E-state index contributed by atoms with van der Waals surface area (Å²) < 4.78 is 19.5. The molecule has 3 aromatic rings. The summed E-state index contributed by atoms with van der Waals surface area (Å²) in [5, 5.41) is 0. The van der Waals surface area contributed by atoms with Gasteiger partial charge < -0.3 is 9.14 Å². The van der Waals surface area contributed by atoms with Gasteiger partial charge in [0.05, 0.1) is 18.6 Å². The molecular weight excluding hydrogens is 296 g/mol. The van der Waals surface area contributed by atoms with Crippen LogP contribution < -0.4 is 4.74 Å². The molecule has 2 heterocycles. The number of aromatic nitrogens is 2. The van der Waals surface area contributed by atoms with Crippen LogP contribution in [0.4, 0.5) is 0 Å². The molecule has 0 N–H and O–H groups in total. The SMILES string of the molecule is COc1cccc(C[S@](=O)Cc2cn3cccc(C)c3n2)c1. The van der Waals surface area contributed by atoms with Crippen LogP contribution in [0.5, 0.6) is 5.75 Å². The van der Waals surface area contributed by atoms with Crippen LogP contribution in [-0.2, 0) is 22.3 Å². The fourth-order valence-electron chi connectivity index (χ4n) is 2.44. The Morgan fingerprint density at radius 1 is 1.23 bits per heavy atom. The van der Waals surface area contributed by atoms with E-state index in [9.17, 15) is 4.21 Å². The van der Waals surface area contributed by atoms with E-state index in [1.165, 1.54) is 0 Å². The second kappa shape index (κ2) is 6.32. The van der Waals surface area contributed by atoms with Gasteiger partial charge in [0, 0.05) is 28.9 Å². The van der Waals surface area contributed by atoms with Gasteiger partial charge in [0.2, 0.25) is 0 Å². The monoisotopic (exact) mass is 314 g/mol. The highest BCUT2D eigenvalue weighted by molar-refractivity contribution is 7.83. The van der Waals surface area contributed by atoms with E-state index in [4.69, 9.17) is 4.74 Å². The van der Waals surface area contributed by atoms with Gasteiger partial charge in [-0.2, -0.15) is 0 Å². The van der Waals surface area contributed by atoms with Crippen LogP contribution in [0.1, 0.15) is 16.8 Å².